The SMILES string of the molecule is CCOC(=O)C1=C(O)/C(=C/c2cc(Cl)c(OCc3ccc([N+](=O)[O-])cc3)c(Cl)c2)SC1=Nc1ccccc1. The second kappa shape index (κ2) is 12.2. The van der Waals surface area contributed by atoms with Crippen molar-refractivity contribution >= 4 is 63.4 Å². The van der Waals surface area contributed by atoms with Gasteiger partial charge in [0.25, 0.3) is 5.69 Å². The van der Waals surface area contributed by atoms with Crippen molar-refractivity contribution in [2.75, 3.05) is 6.61 Å². The maximum absolute atomic E-state index is 12.6. The zero-order valence-corrected chi connectivity index (χ0v) is 22.2. The minimum atomic E-state index is -0.679. The molecule has 0 saturated carbocycles. The number of aliphatic imine (C=N–C) groups is 1. The van der Waals surface area contributed by atoms with Crippen LogP contribution in [-0.2, 0) is 16.1 Å². The molecule has 3 aromatic carbocycles. The van der Waals surface area contributed by atoms with Crippen LogP contribution in [0.25, 0.3) is 6.08 Å². The largest absolute Gasteiger partial charge is 0.506 e. The number of nitrogens with zero attached hydrogens (tertiary/aromatic N) is 2. The predicted molar refractivity (Wildman–Crippen MR) is 149 cm³/mol. The number of carbonyl (C=O) groups is 1. The van der Waals surface area contributed by atoms with Crippen molar-refractivity contribution in [3.63, 3.8) is 0 Å². The maximum Gasteiger partial charge on any atom is 0.344 e. The van der Waals surface area contributed by atoms with E-state index in [-0.39, 0.29) is 46.0 Å². The molecular formula is C27H20Cl2N2O6S. The lowest BCUT2D eigenvalue weighted by atomic mass is 10.1. The predicted octanol–water partition coefficient (Wildman–Crippen LogP) is 7.67. The smallest absolute Gasteiger partial charge is 0.344 e. The highest BCUT2D eigenvalue weighted by molar-refractivity contribution is 8.18. The van der Waals surface area contributed by atoms with Crippen LogP contribution in [0.3, 0.4) is 0 Å². The van der Waals surface area contributed by atoms with E-state index in [1.54, 1.807) is 49.4 Å². The van der Waals surface area contributed by atoms with E-state index in [1.165, 1.54) is 12.1 Å². The maximum atomic E-state index is 12.6. The van der Waals surface area contributed by atoms with Gasteiger partial charge in [-0.3, -0.25) is 10.1 Å². The quantitative estimate of drug-likeness (QED) is 0.168. The summed E-state index contributed by atoms with van der Waals surface area (Å²) in [6.07, 6.45) is 1.63. The minimum Gasteiger partial charge on any atom is -0.506 e. The van der Waals surface area contributed by atoms with Crippen molar-refractivity contribution in [2.24, 2.45) is 4.99 Å². The molecule has 0 atom stereocenters. The number of ether oxygens (including phenoxy) is 2. The number of hydrogen-bond acceptors (Lipinski definition) is 8. The summed E-state index contributed by atoms with van der Waals surface area (Å²) in [7, 11) is 0. The van der Waals surface area contributed by atoms with Crippen LogP contribution in [0.2, 0.25) is 10.0 Å². The summed E-state index contributed by atoms with van der Waals surface area (Å²) >= 11 is 14.0. The third-order valence-electron chi connectivity index (χ3n) is 5.21. The average Bonchev–Trinajstić information content (AvgIpc) is 3.18. The van der Waals surface area contributed by atoms with Crippen LogP contribution in [0, 0.1) is 10.1 Å². The Balaban J connectivity index is 1.59. The van der Waals surface area contributed by atoms with Gasteiger partial charge in [0.15, 0.2) is 5.75 Å². The van der Waals surface area contributed by atoms with Gasteiger partial charge < -0.3 is 14.6 Å². The van der Waals surface area contributed by atoms with E-state index >= 15 is 0 Å². The van der Waals surface area contributed by atoms with Crippen LogP contribution < -0.4 is 4.74 Å². The highest BCUT2D eigenvalue weighted by atomic mass is 35.5. The highest BCUT2D eigenvalue weighted by Crippen LogP contribution is 2.42. The monoisotopic (exact) mass is 570 g/mol. The van der Waals surface area contributed by atoms with E-state index in [0.29, 0.717) is 26.8 Å². The number of aliphatic hydroxyl groups excluding tert-OH is 1. The molecule has 11 heteroatoms. The number of hydrogen-bond donors (Lipinski definition) is 1. The lowest BCUT2D eigenvalue weighted by Crippen LogP contribution is -2.12. The second-order valence-electron chi connectivity index (χ2n) is 7.83. The number of para-hydroxylation sites is 1. The molecule has 1 aliphatic heterocycles. The number of carbonyl (C=O) groups excluding carboxylic acids is 1. The van der Waals surface area contributed by atoms with Crippen molar-refractivity contribution < 1.29 is 24.3 Å². The fourth-order valence-electron chi connectivity index (χ4n) is 3.43. The van der Waals surface area contributed by atoms with Gasteiger partial charge in [0, 0.05) is 12.1 Å². The molecule has 1 N–H and O–H groups in total. The summed E-state index contributed by atoms with van der Waals surface area (Å²) in [4.78, 5) is 27.8. The summed E-state index contributed by atoms with van der Waals surface area (Å²) in [5, 5.41) is 22.5. The molecule has 4 rings (SSSR count). The Labute approximate surface area is 232 Å². The number of aliphatic hydroxyl groups is 1. The molecule has 1 aliphatic rings. The van der Waals surface area contributed by atoms with E-state index < -0.39 is 10.9 Å². The first kappa shape index (κ1) is 27.3. The van der Waals surface area contributed by atoms with Gasteiger partial charge in [-0.2, -0.15) is 0 Å². The molecule has 0 aliphatic carbocycles. The van der Waals surface area contributed by atoms with Crippen molar-refractivity contribution in [1.82, 2.24) is 0 Å². The Morgan fingerprint density at radius 1 is 1.11 bits per heavy atom. The van der Waals surface area contributed by atoms with Gasteiger partial charge in [-0.25, -0.2) is 9.79 Å². The molecule has 0 spiro atoms. The molecule has 0 bridgehead atoms. The standard InChI is InChI=1S/C27H20Cl2N2O6S/c1-2-36-27(33)23-24(32)22(38-26(23)30-18-6-4-3-5-7-18)14-17-12-20(28)25(21(29)13-17)37-15-16-8-10-19(11-9-16)31(34)35/h3-14,32H,2,15H2,1H3/b22-14-,30-26?. The minimum absolute atomic E-state index is 0.0209. The fraction of sp³-hybridized carbons (Fsp3) is 0.111. The Morgan fingerprint density at radius 2 is 1.76 bits per heavy atom. The van der Waals surface area contributed by atoms with E-state index in [2.05, 4.69) is 4.99 Å². The Hall–Kier alpha value is -3.79. The summed E-state index contributed by atoms with van der Waals surface area (Å²) in [5.74, 6) is -0.693. The van der Waals surface area contributed by atoms with E-state index in [0.717, 1.165) is 11.8 Å². The van der Waals surface area contributed by atoms with E-state index in [4.69, 9.17) is 32.7 Å². The Kier molecular flexibility index (Phi) is 8.73. The van der Waals surface area contributed by atoms with Crippen molar-refractivity contribution in [2.45, 2.75) is 13.5 Å². The number of benzene rings is 3. The number of esters is 1. The number of nitro groups is 1. The second-order valence-corrected chi connectivity index (χ2v) is 9.68. The van der Waals surface area contributed by atoms with E-state index in [1.807, 2.05) is 18.2 Å². The number of rotatable bonds is 8. The third-order valence-corrected chi connectivity index (χ3v) is 6.79. The van der Waals surface area contributed by atoms with Gasteiger partial charge in [0.2, 0.25) is 0 Å². The molecule has 0 fully saturated rings. The molecular weight excluding hydrogens is 551 g/mol. The molecule has 8 nitrogen and oxygen atoms in total. The van der Waals surface area contributed by atoms with Crippen molar-refractivity contribution in [1.29, 1.82) is 0 Å². The fourth-order valence-corrected chi connectivity index (χ4v) is 5.08. The summed E-state index contributed by atoms with van der Waals surface area (Å²) in [6.45, 7) is 1.92. The normalized spacial score (nSPS) is 15.2. The Bertz CT molecular complexity index is 1450. The van der Waals surface area contributed by atoms with Crippen LogP contribution >= 0.6 is 35.0 Å². The number of non-ortho nitro benzene ring substituents is 1. The lowest BCUT2D eigenvalue weighted by Gasteiger charge is -2.11. The molecule has 0 unspecified atom stereocenters. The van der Waals surface area contributed by atoms with Crippen LogP contribution in [0.5, 0.6) is 5.75 Å². The summed E-state index contributed by atoms with van der Waals surface area (Å²) in [6, 6.07) is 18.2. The molecule has 3 aromatic rings. The topological polar surface area (TPSA) is 111 Å². The highest BCUT2D eigenvalue weighted by Gasteiger charge is 2.33. The number of nitro benzene ring substituents is 1. The van der Waals surface area contributed by atoms with Gasteiger partial charge in [-0.05, 0) is 60.5 Å². The first-order valence-corrected chi connectivity index (χ1v) is 12.8. The third kappa shape index (κ3) is 6.36. The lowest BCUT2D eigenvalue weighted by molar-refractivity contribution is -0.384. The van der Waals surface area contributed by atoms with Crippen LogP contribution in [0.4, 0.5) is 11.4 Å². The number of halogens is 2. The van der Waals surface area contributed by atoms with Crippen LogP contribution in [0.15, 0.2) is 88.0 Å². The summed E-state index contributed by atoms with van der Waals surface area (Å²) in [5.41, 5.74) is 1.83. The Morgan fingerprint density at radius 3 is 2.37 bits per heavy atom. The molecule has 194 valence electrons. The molecule has 0 saturated heterocycles. The van der Waals surface area contributed by atoms with E-state index in [9.17, 15) is 20.0 Å². The van der Waals surface area contributed by atoms with Gasteiger partial charge >= 0.3 is 5.97 Å². The van der Waals surface area contributed by atoms with Crippen LogP contribution in [-0.4, -0.2) is 27.6 Å². The first-order chi connectivity index (χ1) is 18.3. The molecule has 0 radical (unpaired) electrons. The van der Waals surface area contributed by atoms with Gasteiger partial charge in [-0.15, -0.1) is 0 Å². The molecule has 1 heterocycles. The molecule has 0 amide bonds. The zero-order valence-electron chi connectivity index (χ0n) is 19.9. The zero-order chi connectivity index (χ0) is 27.2. The van der Waals surface area contributed by atoms with Crippen molar-refractivity contribution in [3.05, 3.63) is 114 Å². The average molecular weight is 571 g/mol. The summed E-state index contributed by atoms with van der Waals surface area (Å²) < 4.78 is 10.9. The number of thioether (sulfide) groups is 1. The molecule has 0 aromatic heterocycles. The first-order valence-electron chi connectivity index (χ1n) is 11.3. The van der Waals surface area contributed by atoms with Crippen LogP contribution in [0.1, 0.15) is 18.1 Å². The van der Waals surface area contributed by atoms with Gasteiger partial charge in [0.1, 0.15) is 23.0 Å². The van der Waals surface area contributed by atoms with Gasteiger partial charge in [0.05, 0.1) is 32.2 Å². The van der Waals surface area contributed by atoms with Crippen molar-refractivity contribution in [3.8, 4) is 5.75 Å². The molecule has 38 heavy (non-hydrogen) atoms. The van der Waals surface area contributed by atoms with Gasteiger partial charge in [-0.1, -0.05) is 53.2 Å².